The molecule has 4 rings (SSSR count). The lowest BCUT2D eigenvalue weighted by molar-refractivity contribution is 0.555. The summed E-state index contributed by atoms with van der Waals surface area (Å²) in [6.45, 7) is 0. The molecule has 7 heteroatoms. The minimum absolute atomic E-state index is 0.148. The first-order valence-electron chi connectivity index (χ1n) is 6.90. The van der Waals surface area contributed by atoms with E-state index in [9.17, 15) is 0 Å². The van der Waals surface area contributed by atoms with Crippen LogP contribution in [0, 0.1) is 0 Å². The maximum Gasteiger partial charge on any atom is 0.193 e. The van der Waals surface area contributed by atoms with Crippen molar-refractivity contribution in [2.24, 2.45) is 5.84 Å². The highest BCUT2D eigenvalue weighted by Crippen LogP contribution is 2.35. The molecule has 1 atom stereocenters. The van der Waals surface area contributed by atoms with Crippen molar-refractivity contribution >= 4 is 39.4 Å². The molecule has 3 N–H and O–H groups in total. The summed E-state index contributed by atoms with van der Waals surface area (Å²) in [6.07, 6.45) is 6.17. The number of hydrogen-bond acceptors (Lipinski definition) is 6. The molecule has 21 heavy (non-hydrogen) atoms. The number of hydrogen-bond donors (Lipinski definition) is 2. The number of nitrogens with two attached hydrogens (primary N) is 1. The highest BCUT2D eigenvalue weighted by molar-refractivity contribution is 7.98. The number of rotatable bonds is 4. The number of aromatic nitrogens is 2. The first-order chi connectivity index (χ1) is 10.3. The smallest absolute Gasteiger partial charge is 0.193 e. The van der Waals surface area contributed by atoms with Crippen LogP contribution in [0.5, 0.6) is 0 Å². The SMILES string of the molecule is NNC(Cc1cn2ccsc2n1)c1cc2c(s1)CCSC2. The van der Waals surface area contributed by atoms with Gasteiger partial charge < -0.3 is 0 Å². The molecule has 0 amide bonds. The van der Waals surface area contributed by atoms with Crippen LogP contribution in [0.15, 0.2) is 23.8 Å². The molecule has 3 aromatic heterocycles. The molecule has 110 valence electrons. The molecule has 0 fully saturated rings. The number of imidazole rings is 1. The Kier molecular flexibility index (Phi) is 3.76. The molecule has 1 aliphatic heterocycles. The second-order valence-corrected chi connectivity index (χ2v) is 8.29. The summed E-state index contributed by atoms with van der Waals surface area (Å²) >= 11 is 5.59. The van der Waals surface area contributed by atoms with Crippen molar-refractivity contribution in [2.75, 3.05) is 5.75 Å². The molecule has 0 aromatic carbocycles. The minimum atomic E-state index is 0.148. The zero-order chi connectivity index (χ0) is 14.2. The Labute approximate surface area is 135 Å². The summed E-state index contributed by atoms with van der Waals surface area (Å²) in [7, 11) is 0. The lowest BCUT2D eigenvalue weighted by Gasteiger charge is -2.12. The molecule has 3 aromatic rings. The third-order valence-corrected chi connectivity index (χ3v) is 6.88. The van der Waals surface area contributed by atoms with Gasteiger partial charge in [0.2, 0.25) is 0 Å². The van der Waals surface area contributed by atoms with Crippen LogP contribution in [0.4, 0.5) is 0 Å². The lowest BCUT2D eigenvalue weighted by atomic mass is 10.1. The molecule has 4 nitrogen and oxygen atoms in total. The van der Waals surface area contributed by atoms with Crippen LogP contribution in [0.1, 0.15) is 27.1 Å². The van der Waals surface area contributed by atoms with Crippen LogP contribution in [-0.4, -0.2) is 15.1 Å². The summed E-state index contributed by atoms with van der Waals surface area (Å²) in [4.78, 5) is 8.57. The van der Waals surface area contributed by atoms with Crippen molar-refractivity contribution in [3.05, 3.63) is 44.9 Å². The van der Waals surface area contributed by atoms with Gasteiger partial charge in [-0.25, -0.2) is 4.98 Å². The van der Waals surface area contributed by atoms with Gasteiger partial charge in [-0.05, 0) is 23.8 Å². The van der Waals surface area contributed by atoms with Crippen LogP contribution < -0.4 is 11.3 Å². The van der Waals surface area contributed by atoms with Gasteiger partial charge in [0, 0.05) is 39.7 Å². The monoisotopic (exact) mass is 336 g/mol. The molecule has 0 aliphatic carbocycles. The first-order valence-corrected chi connectivity index (χ1v) is 9.75. The maximum atomic E-state index is 5.80. The number of nitrogens with zero attached hydrogens (tertiary/aromatic N) is 2. The van der Waals surface area contributed by atoms with Gasteiger partial charge in [-0.2, -0.15) is 11.8 Å². The second kappa shape index (κ2) is 5.73. The Morgan fingerprint density at radius 2 is 2.43 bits per heavy atom. The Morgan fingerprint density at radius 3 is 3.24 bits per heavy atom. The number of thiophene rings is 1. The van der Waals surface area contributed by atoms with Crippen LogP contribution in [0.3, 0.4) is 0 Å². The molecule has 1 unspecified atom stereocenters. The van der Waals surface area contributed by atoms with Crippen molar-refractivity contribution < 1.29 is 0 Å². The fourth-order valence-electron chi connectivity index (χ4n) is 2.67. The Hall–Kier alpha value is -0.860. The highest BCUT2D eigenvalue weighted by atomic mass is 32.2. The van der Waals surface area contributed by atoms with Gasteiger partial charge in [0.05, 0.1) is 11.7 Å². The topological polar surface area (TPSA) is 55.3 Å². The zero-order valence-electron chi connectivity index (χ0n) is 11.4. The number of thioether (sulfide) groups is 1. The van der Waals surface area contributed by atoms with E-state index in [1.165, 1.54) is 27.5 Å². The normalized spacial score (nSPS) is 16.2. The van der Waals surface area contributed by atoms with Crippen LogP contribution >= 0.6 is 34.4 Å². The van der Waals surface area contributed by atoms with E-state index < -0.39 is 0 Å². The third kappa shape index (κ3) is 2.64. The summed E-state index contributed by atoms with van der Waals surface area (Å²) in [5.41, 5.74) is 5.56. The first kappa shape index (κ1) is 13.8. The van der Waals surface area contributed by atoms with E-state index in [-0.39, 0.29) is 6.04 Å². The molecule has 0 bridgehead atoms. The standard InChI is InChI=1S/C14H16N4S3/c15-17-11(6-10-7-18-2-4-20-14(18)16-10)13-5-9-8-19-3-1-12(9)21-13/h2,4-5,7,11,17H,1,3,6,8,15H2. The largest absolute Gasteiger partial charge is 0.297 e. The van der Waals surface area contributed by atoms with Gasteiger partial charge in [0.1, 0.15) is 0 Å². The minimum Gasteiger partial charge on any atom is -0.297 e. The van der Waals surface area contributed by atoms with E-state index in [1.807, 2.05) is 29.3 Å². The lowest BCUT2D eigenvalue weighted by Crippen LogP contribution is -2.29. The van der Waals surface area contributed by atoms with Gasteiger partial charge in [-0.15, -0.1) is 22.7 Å². The van der Waals surface area contributed by atoms with Crippen molar-refractivity contribution in [2.45, 2.75) is 24.6 Å². The van der Waals surface area contributed by atoms with Gasteiger partial charge >= 0.3 is 0 Å². The van der Waals surface area contributed by atoms with E-state index >= 15 is 0 Å². The number of hydrazine groups is 1. The van der Waals surface area contributed by atoms with Crippen molar-refractivity contribution in [1.82, 2.24) is 14.8 Å². The molecular formula is C14H16N4S3. The molecule has 4 heterocycles. The van der Waals surface area contributed by atoms with Gasteiger partial charge in [-0.1, -0.05) is 0 Å². The fourth-order valence-corrected chi connectivity index (χ4v) is 5.82. The fraction of sp³-hybridized carbons (Fsp3) is 0.357. The third-order valence-electron chi connectivity index (χ3n) is 3.75. The number of aryl methyl sites for hydroxylation is 1. The van der Waals surface area contributed by atoms with E-state index in [0.717, 1.165) is 22.8 Å². The summed E-state index contributed by atoms with van der Waals surface area (Å²) in [5.74, 6) is 8.18. The zero-order valence-corrected chi connectivity index (χ0v) is 13.9. The Bertz CT molecular complexity index is 705. The highest BCUT2D eigenvalue weighted by Gasteiger charge is 2.20. The predicted molar refractivity (Wildman–Crippen MR) is 91.0 cm³/mol. The van der Waals surface area contributed by atoms with Crippen LogP contribution in [-0.2, 0) is 18.6 Å². The maximum absolute atomic E-state index is 5.80. The molecule has 0 saturated heterocycles. The van der Waals surface area contributed by atoms with Crippen molar-refractivity contribution in [3.8, 4) is 0 Å². The average Bonchev–Trinajstić information content (AvgIpc) is 3.17. The van der Waals surface area contributed by atoms with Crippen molar-refractivity contribution in [3.63, 3.8) is 0 Å². The van der Waals surface area contributed by atoms with E-state index in [4.69, 9.17) is 5.84 Å². The van der Waals surface area contributed by atoms with Gasteiger partial charge in [-0.3, -0.25) is 15.7 Å². The summed E-state index contributed by atoms with van der Waals surface area (Å²) < 4.78 is 2.07. The number of fused-ring (bicyclic) bond motifs is 2. The van der Waals surface area contributed by atoms with E-state index in [0.29, 0.717) is 0 Å². The average molecular weight is 337 g/mol. The predicted octanol–water partition coefficient (Wildman–Crippen LogP) is 2.99. The number of thiazole rings is 1. The summed E-state index contributed by atoms with van der Waals surface area (Å²) in [6, 6.07) is 2.48. The van der Waals surface area contributed by atoms with Gasteiger partial charge in [0.25, 0.3) is 0 Å². The van der Waals surface area contributed by atoms with E-state index in [2.05, 4.69) is 32.5 Å². The molecule has 0 spiro atoms. The second-order valence-electron chi connectivity index (χ2n) is 5.15. The molecule has 1 aliphatic rings. The van der Waals surface area contributed by atoms with Crippen LogP contribution in [0.2, 0.25) is 0 Å². The summed E-state index contributed by atoms with van der Waals surface area (Å²) in [5, 5.41) is 2.05. The Morgan fingerprint density at radius 1 is 1.48 bits per heavy atom. The van der Waals surface area contributed by atoms with E-state index in [1.54, 1.807) is 11.3 Å². The van der Waals surface area contributed by atoms with Gasteiger partial charge in [0.15, 0.2) is 4.96 Å². The van der Waals surface area contributed by atoms with Crippen molar-refractivity contribution in [1.29, 1.82) is 0 Å². The molecule has 0 saturated carbocycles. The quantitative estimate of drug-likeness (QED) is 0.568. The van der Waals surface area contributed by atoms with Crippen LogP contribution in [0.25, 0.3) is 4.96 Å². The number of nitrogens with one attached hydrogen (secondary N) is 1. The molecular weight excluding hydrogens is 320 g/mol. The Balaban J connectivity index is 1.59. The molecule has 0 radical (unpaired) electrons.